The normalized spacial score (nSPS) is 11.7. The molecule has 0 aliphatic carbocycles. The van der Waals surface area contributed by atoms with Crippen LogP contribution in [0.5, 0.6) is 0 Å². The molecule has 0 unspecified atom stereocenters. The lowest BCUT2D eigenvalue weighted by atomic mass is 9.80. The number of rotatable bonds is 4. The van der Waals surface area contributed by atoms with Crippen molar-refractivity contribution in [1.29, 1.82) is 10.5 Å². The molecule has 0 aliphatic rings. The highest BCUT2D eigenvalue weighted by Crippen LogP contribution is 2.33. The fourth-order valence-electron chi connectivity index (χ4n) is 1.61. The summed E-state index contributed by atoms with van der Waals surface area (Å²) >= 11 is 3.24. The Hall–Kier alpha value is -1.53. The van der Waals surface area contributed by atoms with Crippen molar-refractivity contribution in [2.45, 2.75) is 25.4 Å². The molecule has 1 aromatic carbocycles. The van der Waals surface area contributed by atoms with Gasteiger partial charge >= 0.3 is 6.18 Å². The first-order valence-electron chi connectivity index (χ1n) is 5.44. The summed E-state index contributed by atoms with van der Waals surface area (Å²) in [6.07, 6.45) is -6.02. The summed E-state index contributed by atoms with van der Waals surface area (Å²) < 4.78 is 37.5. The molecule has 0 saturated carbocycles. The molecule has 0 atom stereocenters. The minimum Gasteiger partial charge on any atom is -0.197 e. The Kier molecular flexibility index (Phi) is 4.97. The van der Waals surface area contributed by atoms with Crippen molar-refractivity contribution in [3.8, 4) is 12.1 Å². The molecule has 0 spiro atoms. The second kappa shape index (κ2) is 6.08. The lowest BCUT2D eigenvalue weighted by Gasteiger charge is -2.19. The molecule has 100 valence electrons. The molecule has 1 rings (SSSR count). The molecule has 0 saturated heterocycles. The van der Waals surface area contributed by atoms with E-state index in [-0.39, 0.29) is 6.42 Å². The lowest BCUT2D eigenvalue weighted by Crippen LogP contribution is -2.23. The van der Waals surface area contributed by atoms with Crippen LogP contribution in [-0.2, 0) is 6.42 Å². The number of alkyl halides is 3. The first-order valence-corrected chi connectivity index (χ1v) is 6.23. The van der Waals surface area contributed by atoms with Crippen LogP contribution in [0, 0.1) is 28.1 Å². The van der Waals surface area contributed by atoms with Gasteiger partial charge in [-0.3, -0.25) is 0 Å². The first kappa shape index (κ1) is 15.5. The van der Waals surface area contributed by atoms with Crippen molar-refractivity contribution in [1.82, 2.24) is 0 Å². The third-order valence-corrected chi connectivity index (χ3v) is 3.21. The van der Waals surface area contributed by atoms with E-state index in [4.69, 9.17) is 10.5 Å². The third-order valence-electron chi connectivity index (χ3n) is 2.68. The van der Waals surface area contributed by atoms with Crippen molar-refractivity contribution in [3.63, 3.8) is 0 Å². The Labute approximate surface area is 117 Å². The van der Waals surface area contributed by atoms with E-state index in [0.717, 1.165) is 4.47 Å². The second-order valence-corrected chi connectivity index (χ2v) is 5.14. The van der Waals surface area contributed by atoms with E-state index < -0.39 is 24.4 Å². The number of benzene rings is 1. The lowest BCUT2D eigenvalue weighted by molar-refractivity contribution is -0.138. The SMILES string of the molecule is N#CC(C#N)(CCC(F)(F)F)Cc1ccc(Br)cc1. The van der Waals surface area contributed by atoms with E-state index in [9.17, 15) is 13.2 Å². The Morgan fingerprint density at radius 3 is 1.95 bits per heavy atom. The average Bonchev–Trinajstić information content (AvgIpc) is 2.36. The van der Waals surface area contributed by atoms with Crippen molar-refractivity contribution in [2.75, 3.05) is 0 Å². The molecular formula is C13H10BrF3N2. The smallest absolute Gasteiger partial charge is 0.197 e. The van der Waals surface area contributed by atoms with Crippen LogP contribution in [0.15, 0.2) is 28.7 Å². The maximum Gasteiger partial charge on any atom is 0.389 e. The van der Waals surface area contributed by atoms with Crippen LogP contribution in [0.3, 0.4) is 0 Å². The quantitative estimate of drug-likeness (QED) is 0.823. The monoisotopic (exact) mass is 330 g/mol. The summed E-state index contributed by atoms with van der Waals surface area (Å²) in [4.78, 5) is 0. The molecule has 0 aliphatic heterocycles. The van der Waals surface area contributed by atoms with Gasteiger partial charge in [-0.1, -0.05) is 28.1 Å². The highest BCUT2D eigenvalue weighted by molar-refractivity contribution is 9.10. The second-order valence-electron chi connectivity index (χ2n) is 4.22. The van der Waals surface area contributed by atoms with Crippen LogP contribution >= 0.6 is 15.9 Å². The van der Waals surface area contributed by atoms with Gasteiger partial charge in [-0.2, -0.15) is 23.7 Å². The van der Waals surface area contributed by atoms with E-state index in [1.54, 1.807) is 36.4 Å². The molecule has 0 N–H and O–H groups in total. The van der Waals surface area contributed by atoms with E-state index >= 15 is 0 Å². The number of hydrogen-bond donors (Lipinski definition) is 0. The molecule has 6 heteroatoms. The summed E-state index contributed by atoms with van der Waals surface area (Å²) in [6, 6.07) is 10.3. The van der Waals surface area contributed by atoms with Crippen molar-refractivity contribution in [3.05, 3.63) is 34.3 Å². The summed E-state index contributed by atoms with van der Waals surface area (Å²) in [5.41, 5.74) is -0.975. The van der Waals surface area contributed by atoms with Gasteiger partial charge in [-0.25, -0.2) is 0 Å². The van der Waals surface area contributed by atoms with Crippen molar-refractivity contribution < 1.29 is 13.2 Å². The molecular weight excluding hydrogens is 321 g/mol. The number of hydrogen-bond acceptors (Lipinski definition) is 2. The van der Waals surface area contributed by atoms with Crippen LogP contribution in [0.25, 0.3) is 0 Å². The van der Waals surface area contributed by atoms with Crippen molar-refractivity contribution >= 4 is 15.9 Å². The maximum absolute atomic E-state index is 12.2. The van der Waals surface area contributed by atoms with Gasteiger partial charge in [-0.15, -0.1) is 0 Å². The van der Waals surface area contributed by atoms with Crippen LogP contribution in [0.1, 0.15) is 18.4 Å². The highest BCUT2D eigenvalue weighted by atomic mass is 79.9. The molecule has 0 aromatic heterocycles. The fourth-order valence-corrected chi connectivity index (χ4v) is 1.87. The zero-order chi connectivity index (χ0) is 14.5. The van der Waals surface area contributed by atoms with Crippen LogP contribution < -0.4 is 0 Å². The number of nitrogens with zero attached hydrogens (tertiary/aromatic N) is 2. The molecule has 0 bridgehead atoms. The fraction of sp³-hybridized carbons (Fsp3) is 0.385. The summed E-state index contributed by atoms with van der Waals surface area (Å²) in [5, 5.41) is 18.1. The minimum absolute atomic E-state index is 0.0106. The largest absolute Gasteiger partial charge is 0.389 e. The van der Waals surface area contributed by atoms with Gasteiger partial charge in [0.15, 0.2) is 0 Å². The minimum atomic E-state index is -4.36. The van der Waals surface area contributed by atoms with Crippen LogP contribution in [-0.4, -0.2) is 6.18 Å². The van der Waals surface area contributed by atoms with Gasteiger partial charge in [0.05, 0.1) is 12.1 Å². The van der Waals surface area contributed by atoms with Crippen LogP contribution in [0.2, 0.25) is 0 Å². The molecule has 0 radical (unpaired) electrons. The van der Waals surface area contributed by atoms with Gasteiger partial charge in [0.2, 0.25) is 0 Å². The van der Waals surface area contributed by atoms with E-state index in [0.29, 0.717) is 5.56 Å². The summed E-state index contributed by atoms with van der Waals surface area (Å²) in [5.74, 6) is 0. The molecule has 0 fully saturated rings. The molecule has 0 amide bonds. The van der Waals surface area contributed by atoms with E-state index in [2.05, 4.69) is 15.9 Å². The molecule has 19 heavy (non-hydrogen) atoms. The first-order chi connectivity index (χ1) is 8.80. The summed E-state index contributed by atoms with van der Waals surface area (Å²) in [7, 11) is 0. The Morgan fingerprint density at radius 1 is 1.00 bits per heavy atom. The Bertz CT molecular complexity index is 495. The average molecular weight is 331 g/mol. The number of nitriles is 2. The molecule has 1 aromatic rings. The highest BCUT2D eigenvalue weighted by Gasteiger charge is 2.37. The topological polar surface area (TPSA) is 47.6 Å². The summed E-state index contributed by atoms with van der Waals surface area (Å²) in [6.45, 7) is 0. The number of halogens is 4. The Morgan fingerprint density at radius 2 is 1.53 bits per heavy atom. The van der Waals surface area contributed by atoms with Gasteiger partial charge < -0.3 is 0 Å². The van der Waals surface area contributed by atoms with Crippen molar-refractivity contribution in [2.24, 2.45) is 5.41 Å². The zero-order valence-corrected chi connectivity index (χ0v) is 11.4. The van der Waals surface area contributed by atoms with Gasteiger partial charge in [0.25, 0.3) is 0 Å². The van der Waals surface area contributed by atoms with E-state index in [1.807, 2.05) is 0 Å². The predicted molar refractivity (Wildman–Crippen MR) is 66.8 cm³/mol. The van der Waals surface area contributed by atoms with Gasteiger partial charge in [0, 0.05) is 17.3 Å². The molecule has 0 heterocycles. The zero-order valence-electron chi connectivity index (χ0n) is 9.84. The van der Waals surface area contributed by atoms with E-state index in [1.165, 1.54) is 0 Å². The van der Waals surface area contributed by atoms with Gasteiger partial charge in [-0.05, 0) is 24.1 Å². The predicted octanol–water partition coefficient (Wildman–Crippen LogP) is 4.37. The van der Waals surface area contributed by atoms with Crippen LogP contribution in [0.4, 0.5) is 13.2 Å². The Balaban J connectivity index is 2.86. The standard InChI is InChI=1S/C13H10BrF3N2/c14-11-3-1-10(2-4-11)7-12(8-18,9-19)5-6-13(15,16)17/h1-4H,5-7H2. The third kappa shape index (κ3) is 4.92. The van der Waals surface area contributed by atoms with Gasteiger partial charge in [0.1, 0.15) is 5.41 Å². The maximum atomic E-state index is 12.2. The molecule has 2 nitrogen and oxygen atoms in total.